The number of benzene rings is 2. The van der Waals surface area contributed by atoms with Crippen LogP contribution in [0.5, 0.6) is 0 Å². The molecule has 2 aliphatic heterocycles. The van der Waals surface area contributed by atoms with Crippen LogP contribution < -0.4 is 10.6 Å². The zero-order chi connectivity index (χ0) is 26.8. The Balaban J connectivity index is 0.987. The topological polar surface area (TPSA) is 64.6 Å². The highest BCUT2D eigenvalue weighted by atomic mass is 16.3. The number of hydrogen-bond acceptors (Lipinski definition) is 3. The first-order valence-corrected chi connectivity index (χ1v) is 15.6. The maximum Gasteiger partial charge on any atom is 0.315 e. The predicted octanol–water partition coefficient (Wildman–Crippen LogP) is 6.07. The van der Waals surface area contributed by atoms with Gasteiger partial charge in [0.05, 0.1) is 6.04 Å². The molecule has 2 heterocycles. The second-order valence-electron chi connectivity index (χ2n) is 13.3. The molecule has 1 unspecified atom stereocenters. The molecule has 5 heteroatoms. The van der Waals surface area contributed by atoms with E-state index in [9.17, 15) is 9.90 Å². The second kappa shape index (κ2) is 11.6. The van der Waals surface area contributed by atoms with Gasteiger partial charge in [-0.1, -0.05) is 60.7 Å². The van der Waals surface area contributed by atoms with Gasteiger partial charge < -0.3 is 20.6 Å². The molecule has 0 aromatic heterocycles. The van der Waals surface area contributed by atoms with Crippen LogP contribution in [-0.4, -0.2) is 47.3 Å². The van der Waals surface area contributed by atoms with Gasteiger partial charge in [-0.15, -0.1) is 0 Å². The molecule has 2 amide bonds. The molecule has 2 aromatic rings. The summed E-state index contributed by atoms with van der Waals surface area (Å²) in [5.41, 5.74) is 0.230. The Morgan fingerprint density at radius 3 is 2.03 bits per heavy atom. The van der Waals surface area contributed by atoms with Crippen molar-refractivity contribution in [1.29, 1.82) is 0 Å². The SMILES string of the molecule is C[C@H](NC(=O)NC1CCC(CCN2CC3C[C@@H]4C[C@H](C3)C[C@@H]2C4)CC1)C(O)(c1ccccc1)c1ccccc1. The van der Waals surface area contributed by atoms with Crippen LogP contribution in [0.2, 0.25) is 0 Å². The molecule has 0 radical (unpaired) electrons. The van der Waals surface area contributed by atoms with E-state index in [-0.39, 0.29) is 12.1 Å². The van der Waals surface area contributed by atoms with Crippen molar-refractivity contribution in [3.8, 4) is 0 Å². The summed E-state index contributed by atoms with van der Waals surface area (Å²) in [5.74, 6) is 3.78. The average Bonchev–Trinajstić information content (AvgIpc) is 3.15. The third kappa shape index (κ3) is 5.90. The summed E-state index contributed by atoms with van der Waals surface area (Å²) >= 11 is 0. The third-order valence-corrected chi connectivity index (χ3v) is 10.6. The van der Waals surface area contributed by atoms with E-state index < -0.39 is 11.6 Å². The molecule has 4 bridgehead atoms. The van der Waals surface area contributed by atoms with Gasteiger partial charge in [-0.25, -0.2) is 4.79 Å². The van der Waals surface area contributed by atoms with Crippen LogP contribution in [0.1, 0.15) is 82.3 Å². The van der Waals surface area contributed by atoms with E-state index in [0.29, 0.717) is 0 Å². The van der Waals surface area contributed by atoms with E-state index in [2.05, 4.69) is 15.5 Å². The van der Waals surface area contributed by atoms with Crippen LogP contribution in [0, 0.1) is 23.7 Å². The fraction of sp³-hybridized carbons (Fsp3) is 0.618. The van der Waals surface area contributed by atoms with Gasteiger partial charge in [0.25, 0.3) is 0 Å². The van der Waals surface area contributed by atoms with Crippen molar-refractivity contribution in [3.05, 3.63) is 71.8 Å². The number of rotatable bonds is 8. The zero-order valence-corrected chi connectivity index (χ0v) is 23.6. The number of aliphatic hydroxyl groups is 1. The molecule has 39 heavy (non-hydrogen) atoms. The lowest BCUT2D eigenvalue weighted by Gasteiger charge is -2.39. The average molecular weight is 530 g/mol. The minimum Gasteiger partial charge on any atom is -0.378 e. The molecule has 3 N–H and O–H groups in total. The lowest BCUT2D eigenvalue weighted by Crippen LogP contribution is -2.54. The maximum atomic E-state index is 13.1. The molecule has 5 aliphatic rings. The Bertz CT molecular complexity index is 1030. The molecule has 5 nitrogen and oxygen atoms in total. The number of hydrogen-bond donors (Lipinski definition) is 3. The molecule has 2 saturated heterocycles. The van der Waals surface area contributed by atoms with E-state index in [1.54, 1.807) is 0 Å². The molecule has 5 fully saturated rings. The van der Waals surface area contributed by atoms with Crippen LogP contribution in [0.25, 0.3) is 0 Å². The lowest BCUT2D eigenvalue weighted by atomic mass is 9.68. The number of carbonyl (C=O) groups excluding carboxylic acids is 1. The fourth-order valence-corrected chi connectivity index (χ4v) is 8.68. The van der Waals surface area contributed by atoms with Crippen molar-refractivity contribution in [2.24, 2.45) is 23.7 Å². The minimum atomic E-state index is -1.32. The number of urea groups is 1. The number of nitrogens with one attached hydrogen (secondary N) is 2. The van der Waals surface area contributed by atoms with Gasteiger partial charge in [0, 0.05) is 18.6 Å². The van der Waals surface area contributed by atoms with Gasteiger partial charge >= 0.3 is 6.03 Å². The van der Waals surface area contributed by atoms with Crippen molar-refractivity contribution >= 4 is 6.03 Å². The van der Waals surface area contributed by atoms with E-state index in [4.69, 9.17) is 0 Å². The van der Waals surface area contributed by atoms with Crippen LogP contribution >= 0.6 is 0 Å². The van der Waals surface area contributed by atoms with Gasteiger partial charge in [-0.3, -0.25) is 0 Å². The first-order chi connectivity index (χ1) is 19.0. The molecule has 210 valence electrons. The lowest BCUT2D eigenvalue weighted by molar-refractivity contribution is 0.0470. The minimum absolute atomic E-state index is 0.188. The maximum absolute atomic E-state index is 13.1. The number of carbonyl (C=O) groups is 1. The predicted molar refractivity (Wildman–Crippen MR) is 156 cm³/mol. The highest BCUT2D eigenvalue weighted by molar-refractivity contribution is 5.75. The van der Waals surface area contributed by atoms with Gasteiger partial charge in [0.1, 0.15) is 5.60 Å². The Hall–Kier alpha value is -2.37. The van der Waals surface area contributed by atoms with Crippen molar-refractivity contribution < 1.29 is 9.90 Å². The van der Waals surface area contributed by atoms with Gasteiger partial charge in [-0.05, 0) is 112 Å². The van der Waals surface area contributed by atoms with Crippen LogP contribution in [-0.2, 0) is 5.60 Å². The first-order valence-electron chi connectivity index (χ1n) is 15.6. The van der Waals surface area contributed by atoms with Crippen LogP contribution in [0.15, 0.2) is 60.7 Å². The third-order valence-electron chi connectivity index (χ3n) is 10.6. The van der Waals surface area contributed by atoms with Crippen molar-refractivity contribution in [2.75, 3.05) is 13.1 Å². The van der Waals surface area contributed by atoms with E-state index in [1.807, 2.05) is 67.6 Å². The van der Waals surface area contributed by atoms with Gasteiger partial charge in [-0.2, -0.15) is 0 Å². The number of nitrogens with zero attached hydrogens (tertiary/aromatic N) is 1. The molecule has 2 aromatic carbocycles. The molecule has 0 spiro atoms. The highest BCUT2D eigenvalue weighted by Gasteiger charge is 2.43. The Morgan fingerprint density at radius 1 is 0.872 bits per heavy atom. The Labute approximate surface area is 234 Å². The van der Waals surface area contributed by atoms with E-state index in [1.165, 1.54) is 64.5 Å². The summed E-state index contributed by atoms with van der Waals surface area (Å²) in [6.45, 7) is 4.52. The number of fused-ring (bicyclic) bond motifs is 1. The molecular formula is C34H47N3O2. The largest absolute Gasteiger partial charge is 0.378 e. The van der Waals surface area contributed by atoms with Gasteiger partial charge in [0.15, 0.2) is 0 Å². The second-order valence-corrected chi connectivity index (χ2v) is 13.3. The van der Waals surface area contributed by atoms with Crippen LogP contribution in [0.3, 0.4) is 0 Å². The van der Waals surface area contributed by atoms with Crippen molar-refractivity contribution in [1.82, 2.24) is 15.5 Å². The molecular weight excluding hydrogens is 482 g/mol. The summed E-state index contributed by atoms with van der Waals surface area (Å²) in [6, 6.07) is 19.7. The molecule has 7 rings (SSSR count). The smallest absolute Gasteiger partial charge is 0.315 e. The van der Waals surface area contributed by atoms with Gasteiger partial charge in [0.2, 0.25) is 0 Å². The van der Waals surface area contributed by atoms with Crippen molar-refractivity contribution in [3.63, 3.8) is 0 Å². The Morgan fingerprint density at radius 2 is 1.44 bits per heavy atom. The first kappa shape index (κ1) is 26.8. The monoisotopic (exact) mass is 529 g/mol. The molecule has 5 atom stereocenters. The highest BCUT2D eigenvalue weighted by Crippen LogP contribution is 2.47. The molecule has 3 aliphatic carbocycles. The summed E-state index contributed by atoms with van der Waals surface area (Å²) in [5, 5.41) is 18.2. The quantitative estimate of drug-likeness (QED) is 0.389. The summed E-state index contributed by atoms with van der Waals surface area (Å²) in [7, 11) is 0. The zero-order valence-electron chi connectivity index (χ0n) is 23.6. The summed E-state index contributed by atoms with van der Waals surface area (Å²) in [4.78, 5) is 16.0. The molecule has 3 saturated carbocycles. The van der Waals surface area contributed by atoms with E-state index in [0.717, 1.165) is 53.7 Å². The Kier molecular flexibility index (Phi) is 8.00. The normalized spacial score (nSPS) is 31.4. The van der Waals surface area contributed by atoms with Crippen molar-refractivity contribution in [2.45, 2.75) is 94.9 Å². The number of amides is 2. The summed E-state index contributed by atoms with van der Waals surface area (Å²) < 4.78 is 0. The van der Waals surface area contributed by atoms with Crippen LogP contribution in [0.4, 0.5) is 4.79 Å². The summed E-state index contributed by atoms with van der Waals surface area (Å²) in [6.07, 6.45) is 13.2. The standard InChI is InChI=1S/C34H47N3O2/c1-24(34(39,29-8-4-2-5-9-29)30-10-6-3-7-11-30)35-33(38)36-31-14-12-25(13-15-31)16-17-37-23-28-19-26-18-27(20-28)22-32(37)21-26/h2-11,24-28,31-32,39H,12-23H2,1H3,(H2,35,36,38)/t24-,25?,26-,27+,28?,31?,32-/m0/s1. The van der Waals surface area contributed by atoms with E-state index >= 15 is 0 Å². The fourth-order valence-electron chi connectivity index (χ4n) is 8.68.